The Bertz CT molecular complexity index is 994. The van der Waals surface area contributed by atoms with Gasteiger partial charge in [-0.2, -0.15) is 0 Å². The zero-order chi connectivity index (χ0) is 20.2. The molecule has 0 saturated carbocycles. The van der Waals surface area contributed by atoms with Crippen molar-refractivity contribution < 1.29 is 14.3 Å². The normalized spacial score (nSPS) is 14.6. The number of aromatic nitrogens is 2. The summed E-state index contributed by atoms with van der Waals surface area (Å²) in [5.41, 5.74) is 2.33. The molecule has 29 heavy (non-hydrogen) atoms. The second kappa shape index (κ2) is 8.34. The van der Waals surface area contributed by atoms with Gasteiger partial charge in [0, 0.05) is 18.8 Å². The Kier molecular flexibility index (Phi) is 5.46. The van der Waals surface area contributed by atoms with Gasteiger partial charge in [-0.3, -0.25) is 10.1 Å². The van der Waals surface area contributed by atoms with Crippen LogP contribution in [0.1, 0.15) is 32.6 Å². The van der Waals surface area contributed by atoms with Crippen molar-refractivity contribution in [2.75, 3.05) is 29.9 Å². The predicted octanol–water partition coefficient (Wildman–Crippen LogP) is 4.65. The van der Waals surface area contributed by atoms with Crippen molar-refractivity contribution in [1.82, 2.24) is 10.3 Å². The van der Waals surface area contributed by atoms with Crippen LogP contribution in [-0.4, -0.2) is 34.9 Å². The summed E-state index contributed by atoms with van der Waals surface area (Å²) in [4.78, 5) is 13.6. The molecule has 1 saturated heterocycles. The summed E-state index contributed by atoms with van der Waals surface area (Å²) in [6.45, 7) is 4.25. The minimum absolute atomic E-state index is 0.145. The SMILES string of the molecule is CCOc1ccc(Nc2cc(N3CCCCCC3)c3nonc3c2[N+](=O)[O-])cc1. The molecule has 4 rings (SSSR count). The summed E-state index contributed by atoms with van der Waals surface area (Å²) in [6, 6.07) is 9.08. The molecule has 0 atom stereocenters. The Morgan fingerprint density at radius 3 is 2.48 bits per heavy atom. The van der Waals surface area contributed by atoms with Crippen LogP contribution in [0.2, 0.25) is 0 Å². The Hall–Kier alpha value is -3.36. The second-order valence-electron chi connectivity index (χ2n) is 6.99. The van der Waals surface area contributed by atoms with Gasteiger partial charge in [0.2, 0.25) is 5.52 Å². The van der Waals surface area contributed by atoms with E-state index in [1.54, 1.807) is 6.07 Å². The highest BCUT2D eigenvalue weighted by Crippen LogP contribution is 2.40. The lowest BCUT2D eigenvalue weighted by atomic mass is 10.1. The molecule has 0 unspecified atom stereocenters. The minimum atomic E-state index is -0.449. The van der Waals surface area contributed by atoms with E-state index in [4.69, 9.17) is 9.37 Å². The number of fused-ring (bicyclic) bond motifs is 1. The molecule has 2 heterocycles. The van der Waals surface area contributed by atoms with Crippen LogP contribution in [-0.2, 0) is 0 Å². The molecule has 0 bridgehead atoms. The molecule has 0 radical (unpaired) electrons. The lowest BCUT2D eigenvalue weighted by Gasteiger charge is -2.23. The molecule has 0 aliphatic carbocycles. The highest BCUT2D eigenvalue weighted by atomic mass is 16.6. The van der Waals surface area contributed by atoms with Crippen molar-refractivity contribution >= 4 is 33.8 Å². The van der Waals surface area contributed by atoms with Gasteiger partial charge in [0.1, 0.15) is 11.4 Å². The Labute approximate surface area is 167 Å². The van der Waals surface area contributed by atoms with Crippen LogP contribution < -0.4 is 15.0 Å². The van der Waals surface area contributed by atoms with Gasteiger partial charge in [-0.1, -0.05) is 12.8 Å². The summed E-state index contributed by atoms with van der Waals surface area (Å²) in [5, 5.41) is 22.8. The van der Waals surface area contributed by atoms with Crippen LogP contribution in [0.15, 0.2) is 35.0 Å². The standard InChI is InChI=1S/C20H23N5O4/c1-2-28-15-9-7-14(8-10-15)21-16-13-17(24-11-5-3-4-6-12-24)18-19(23-29-22-18)20(16)25(26)27/h7-10,13,21H,2-6,11-12H2,1H3. The average Bonchev–Trinajstić information content (AvgIpc) is 3.03. The van der Waals surface area contributed by atoms with Crippen LogP contribution in [0.5, 0.6) is 5.75 Å². The third-order valence-electron chi connectivity index (χ3n) is 5.07. The number of rotatable bonds is 6. The summed E-state index contributed by atoms with van der Waals surface area (Å²) in [7, 11) is 0. The van der Waals surface area contributed by atoms with E-state index in [-0.39, 0.29) is 11.2 Å². The van der Waals surface area contributed by atoms with Crippen molar-refractivity contribution in [3.8, 4) is 5.75 Å². The number of nitrogens with one attached hydrogen (secondary N) is 1. The molecule has 3 aromatic rings. The highest BCUT2D eigenvalue weighted by molar-refractivity contribution is 6.00. The van der Waals surface area contributed by atoms with Gasteiger partial charge in [-0.05, 0) is 60.4 Å². The van der Waals surface area contributed by atoms with E-state index in [0.717, 1.165) is 37.4 Å². The number of benzene rings is 2. The molecule has 9 heteroatoms. The van der Waals surface area contributed by atoms with E-state index in [1.165, 1.54) is 12.8 Å². The Morgan fingerprint density at radius 2 is 1.83 bits per heavy atom. The fourth-order valence-electron chi connectivity index (χ4n) is 3.70. The summed E-state index contributed by atoms with van der Waals surface area (Å²) < 4.78 is 10.3. The van der Waals surface area contributed by atoms with E-state index in [1.807, 2.05) is 31.2 Å². The molecule has 9 nitrogen and oxygen atoms in total. The van der Waals surface area contributed by atoms with Gasteiger partial charge < -0.3 is 15.0 Å². The van der Waals surface area contributed by atoms with E-state index >= 15 is 0 Å². The molecule has 1 fully saturated rings. The first-order valence-corrected chi connectivity index (χ1v) is 9.86. The van der Waals surface area contributed by atoms with Crippen LogP contribution in [0, 0.1) is 10.1 Å². The van der Waals surface area contributed by atoms with Crippen LogP contribution in [0.4, 0.5) is 22.7 Å². The number of hydrogen-bond acceptors (Lipinski definition) is 8. The number of nitrogens with zero attached hydrogens (tertiary/aromatic N) is 4. The molecular formula is C20H23N5O4. The van der Waals surface area contributed by atoms with Crippen molar-refractivity contribution in [3.05, 3.63) is 40.4 Å². The van der Waals surface area contributed by atoms with Gasteiger partial charge in [-0.15, -0.1) is 0 Å². The largest absolute Gasteiger partial charge is 0.494 e. The lowest BCUT2D eigenvalue weighted by molar-refractivity contribution is -0.382. The number of hydrogen-bond donors (Lipinski definition) is 1. The molecule has 152 valence electrons. The van der Waals surface area contributed by atoms with Gasteiger partial charge in [0.15, 0.2) is 5.52 Å². The molecular weight excluding hydrogens is 374 g/mol. The zero-order valence-corrected chi connectivity index (χ0v) is 16.3. The van der Waals surface area contributed by atoms with Crippen molar-refractivity contribution in [3.63, 3.8) is 0 Å². The van der Waals surface area contributed by atoms with E-state index in [2.05, 4.69) is 20.5 Å². The molecule has 2 aromatic carbocycles. The smallest absolute Gasteiger partial charge is 0.324 e. The average molecular weight is 397 g/mol. The number of nitro benzene ring substituents is 1. The zero-order valence-electron chi connectivity index (χ0n) is 16.3. The molecule has 1 N–H and O–H groups in total. The maximum absolute atomic E-state index is 11.8. The first-order chi connectivity index (χ1) is 14.2. The first-order valence-electron chi connectivity index (χ1n) is 9.86. The molecule has 1 aromatic heterocycles. The highest BCUT2D eigenvalue weighted by Gasteiger charge is 2.28. The van der Waals surface area contributed by atoms with Crippen molar-refractivity contribution in [1.29, 1.82) is 0 Å². The monoisotopic (exact) mass is 397 g/mol. The Morgan fingerprint density at radius 1 is 1.14 bits per heavy atom. The van der Waals surface area contributed by atoms with Gasteiger partial charge in [0.05, 0.1) is 17.2 Å². The molecule has 1 aliphatic rings. The second-order valence-corrected chi connectivity index (χ2v) is 6.99. The van der Waals surface area contributed by atoms with Crippen molar-refractivity contribution in [2.45, 2.75) is 32.6 Å². The maximum Gasteiger partial charge on any atom is 0.324 e. The van der Waals surface area contributed by atoms with Crippen molar-refractivity contribution in [2.24, 2.45) is 0 Å². The van der Waals surface area contributed by atoms with Crippen LogP contribution in [0.25, 0.3) is 11.0 Å². The fourth-order valence-corrected chi connectivity index (χ4v) is 3.70. The fraction of sp³-hybridized carbons (Fsp3) is 0.400. The third kappa shape index (κ3) is 3.94. The summed E-state index contributed by atoms with van der Waals surface area (Å²) >= 11 is 0. The van der Waals surface area contributed by atoms with E-state index < -0.39 is 4.92 Å². The van der Waals surface area contributed by atoms with Gasteiger partial charge >= 0.3 is 5.69 Å². The van der Waals surface area contributed by atoms with Crippen LogP contribution >= 0.6 is 0 Å². The van der Waals surface area contributed by atoms with Gasteiger partial charge in [-0.25, -0.2) is 4.63 Å². The quantitative estimate of drug-likeness (QED) is 0.473. The predicted molar refractivity (Wildman–Crippen MR) is 110 cm³/mol. The number of anilines is 3. The topological polar surface area (TPSA) is 107 Å². The number of nitro groups is 1. The summed E-state index contributed by atoms with van der Waals surface area (Å²) in [6.07, 6.45) is 4.51. The molecule has 1 aliphatic heterocycles. The maximum atomic E-state index is 11.8. The third-order valence-corrected chi connectivity index (χ3v) is 5.07. The lowest BCUT2D eigenvalue weighted by Crippen LogP contribution is -2.24. The minimum Gasteiger partial charge on any atom is -0.494 e. The van der Waals surface area contributed by atoms with E-state index in [0.29, 0.717) is 23.5 Å². The first kappa shape index (κ1) is 19.0. The molecule has 0 amide bonds. The Balaban J connectivity index is 1.76. The summed E-state index contributed by atoms with van der Waals surface area (Å²) in [5.74, 6) is 0.744. The number of ether oxygens (including phenoxy) is 1. The van der Waals surface area contributed by atoms with E-state index in [9.17, 15) is 10.1 Å². The van der Waals surface area contributed by atoms with Gasteiger partial charge in [0.25, 0.3) is 0 Å². The molecule has 0 spiro atoms. The van der Waals surface area contributed by atoms with Crippen LogP contribution in [0.3, 0.4) is 0 Å².